The number of carbonyl (C=O) groups excluding carboxylic acids is 2. The van der Waals surface area contributed by atoms with Crippen LogP contribution < -0.4 is 5.32 Å². The molecule has 0 aromatic heterocycles. The fraction of sp³-hybridized carbons (Fsp3) is 0.750. The highest BCUT2D eigenvalue weighted by atomic mass is 35.5. The van der Waals surface area contributed by atoms with Crippen LogP contribution in [0.25, 0.3) is 0 Å². The van der Waals surface area contributed by atoms with Crippen LogP contribution in [0, 0.1) is 0 Å². The maximum Gasteiger partial charge on any atom is 0.217 e. The second kappa shape index (κ2) is 7.21. The molecule has 1 amide bonds. The molecule has 1 unspecified atom stereocenters. The molecule has 0 aliphatic heterocycles. The van der Waals surface area contributed by atoms with Crippen LogP contribution in [0.1, 0.15) is 13.3 Å². The van der Waals surface area contributed by atoms with E-state index in [4.69, 9.17) is 11.6 Å². The molecule has 0 fully saturated rings. The van der Waals surface area contributed by atoms with E-state index >= 15 is 0 Å². The molecule has 0 aliphatic rings. The summed E-state index contributed by atoms with van der Waals surface area (Å²) in [4.78, 5) is 21.9. The fourth-order valence-corrected chi connectivity index (χ4v) is 1.55. The molecule has 0 heterocycles. The Balaban J connectivity index is 4.02. The quantitative estimate of drug-likeness (QED) is 0.685. The summed E-state index contributed by atoms with van der Waals surface area (Å²) >= 11 is 7.04. The molecule has 5 heteroatoms. The lowest BCUT2D eigenvalue weighted by molar-refractivity contribution is -0.125. The Morgan fingerprint density at radius 1 is 1.54 bits per heavy atom. The zero-order valence-corrected chi connectivity index (χ0v) is 9.37. The van der Waals surface area contributed by atoms with Crippen molar-refractivity contribution in [1.29, 1.82) is 0 Å². The van der Waals surface area contributed by atoms with E-state index in [2.05, 4.69) is 5.32 Å². The Morgan fingerprint density at radius 3 is 2.54 bits per heavy atom. The largest absolute Gasteiger partial charge is 0.346 e. The number of carbonyl (C=O) groups is 2. The third-order valence-electron chi connectivity index (χ3n) is 1.51. The van der Waals surface area contributed by atoms with Gasteiger partial charge in [-0.1, -0.05) is 0 Å². The summed E-state index contributed by atoms with van der Waals surface area (Å²) < 4.78 is 0. The van der Waals surface area contributed by atoms with Gasteiger partial charge in [0.15, 0.2) is 5.78 Å². The van der Waals surface area contributed by atoms with Crippen LogP contribution in [0.2, 0.25) is 0 Å². The maximum absolute atomic E-state index is 11.2. The van der Waals surface area contributed by atoms with E-state index in [1.54, 1.807) is 11.8 Å². The first-order valence-corrected chi connectivity index (χ1v) is 5.89. The van der Waals surface area contributed by atoms with E-state index in [1.807, 2.05) is 6.26 Å². The standard InChI is InChI=1S/C8H14ClNO2S/c1-6(11)10-7(3-4-13-2)8(12)5-9/h7H,3-5H2,1-2H3,(H,10,11). The van der Waals surface area contributed by atoms with Crippen LogP contribution in [-0.4, -0.2) is 35.6 Å². The Bertz CT molecular complexity index is 187. The third kappa shape index (κ3) is 5.93. The maximum atomic E-state index is 11.2. The number of nitrogens with one attached hydrogen (secondary N) is 1. The summed E-state index contributed by atoms with van der Waals surface area (Å²) in [7, 11) is 0. The molecule has 0 bridgehead atoms. The van der Waals surface area contributed by atoms with Crippen LogP contribution in [0.4, 0.5) is 0 Å². The molecular weight excluding hydrogens is 210 g/mol. The van der Waals surface area contributed by atoms with Gasteiger partial charge in [0.1, 0.15) is 0 Å². The molecule has 0 radical (unpaired) electrons. The fourth-order valence-electron chi connectivity index (χ4n) is 0.888. The van der Waals surface area contributed by atoms with Gasteiger partial charge in [-0.15, -0.1) is 11.6 Å². The van der Waals surface area contributed by atoms with Gasteiger partial charge in [0.25, 0.3) is 0 Å². The van der Waals surface area contributed by atoms with Crippen LogP contribution in [0.5, 0.6) is 0 Å². The Labute approximate surface area is 87.6 Å². The summed E-state index contributed by atoms with van der Waals surface area (Å²) in [5, 5.41) is 2.58. The molecule has 0 aromatic rings. The smallest absolute Gasteiger partial charge is 0.217 e. The Morgan fingerprint density at radius 2 is 2.15 bits per heavy atom. The van der Waals surface area contributed by atoms with E-state index < -0.39 is 6.04 Å². The molecule has 0 spiro atoms. The number of Topliss-reactive ketones (excluding diaryl/α,β-unsaturated/α-hetero) is 1. The number of hydrogen-bond acceptors (Lipinski definition) is 3. The van der Waals surface area contributed by atoms with Crippen LogP contribution in [0.15, 0.2) is 0 Å². The highest BCUT2D eigenvalue weighted by molar-refractivity contribution is 7.98. The van der Waals surface area contributed by atoms with E-state index in [0.29, 0.717) is 6.42 Å². The predicted octanol–water partition coefficient (Wildman–Crippen LogP) is 1.05. The third-order valence-corrected chi connectivity index (χ3v) is 2.42. The van der Waals surface area contributed by atoms with E-state index in [1.165, 1.54) is 6.92 Å². The van der Waals surface area contributed by atoms with E-state index in [-0.39, 0.29) is 17.6 Å². The highest BCUT2D eigenvalue weighted by Gasteiger charge is 2.17. The van der Waals surface area contributed by atoms with Crippen molar-refractivity contribution >= 4 is 35.1 Å². The summed E-state index contributed by atoms with van der Waals surface area (Å²) in [6.45, 7) is 1.40. The number of thioether (sulfide) groups is 1. The molecule has 0 saturated heterocycles. The highest BCUT2D eigenvalue weighted by Crippen LogP contribution is 2.02. The SMILES string of the molecule is CSCCC(NC(C)=O)C(=O)CCl. The first-order valence-electron chi connectivity index (χ1n) is 3.96. The van der Waals surface area contributed by atoms with Gasteiger partial charge in [-0.3, -0.25) is 9.59 Å². The average molecular weight is 224 g/mol. The monoisotopic (exact) mass is 223 g/mol. The van der Waals surface area contributed by atoms with Gasteiger partial charge < -0.3 is 5.32 Å². The normalized spacial score (nSPS) is 12.2. The van der Waals surface area contributed by atoms with Crippen molar-refractivity contribution in [2.24, 2.45) is 0 Å². The van der Waals surface area contributed by atoms with Gasteiger partial charge in [-0.25, -0.2) is 0 Å². The number of halogens is 1. The number of rotatable bonds is 6. The lowest BCUT2D eigenvalue weighted by Crippen LogP contribution is -2.40. The Kier molecular flexibility index (Phi) is 7.09. The van der Waals surface area contributed by atoms with Gasteiger partial charge in [0.2, 0.25) is 5.91 Å². The lowest BCUT2D eigenvalue weighted by Gasteiger charge is -2.14. The molecule has 0 aromatic carbocycles. The summed E-state index contributed by atoms with van der Waals surface area (Å²) in [6, 6.07) is -0.414. The van der Waals surface area contributed by atoms with Gasteiger partial charge in [0, 0.05) is 6.92 Å². The van der Waals surface area contributed by atoms with E-state index in [9.17, 15) is 9.59 Å². The molecule has 13 heavy (non-hydrogen) atoms. The number of amides is 1. The summed E-state index contributed by atoms with van der Waals surface area (Å²) in [6.07, 6.45) is 2.60. The van der Waals surface area contributed by atoms with Crippen molar-refractivity contribution in [3.05, 3.63) is 0 Å². The van der Waals surface area contributed by atoms with Crippen molar-refractivity contribution in [2.45, 2.75) is 19.4 Å². The van der Waals surface area contributed by atoms with Crippen LogP contribution in [0.3, 0.4) is 0 Å². The summed E-state index contributed by atoms with van der Waals surface area (Å²) in [5.74, 6) is 0.489. The van der Waals surface area contributed by atoms with Crippen LogP contribution >= 0.6 is 23.4 Å². The van der Waals surface area contributed by atoms with Gasteiger partial charge in [-0.05, 0) is 18.4 Å². The molecule has 0 saturated carbocycles. The minimum atomic E-state index is -0.414. The topological polar surface area (TPSA) is 46.2 Å². The minimum Gasteiger partial charge on any atom is -0.346 e. The summed E-state index contributed by atoms with van der Waals surface area (Å²) in [5.41, 5.74) is 0. The van der Waals surface area contributed by atoms with Gasteiger partial charge >= 0.3 is 0 Å². The van der Waals surface area contributed by atoms with Crippen molar-refractivity contribution in [3.8, 4) is 0 Å². The molecular formula is C8H14ClNO2S. The first-order chi connectivity index (χ1) is 6.11. The molecule has 1 atom stereocenters. The first kappa shape index (κ1) is 12.8. The Hall–Kier alpha value is -0.220. The molecule has 3 nitrogen and oxygen atoms in total. The lowest BCUT2D eigenvalue weighted by atomic mass is 10.1. The van der Waals surface area contributed by atoms with Crippen molar-refractivity contribution in [1.82, 2.24) is 5.32 Å². The molecule has 0 rings (SSSR count). The van der Waals surface area contributed by atoms with E-state index in [0.717, 1.165) is 5.75 Å². The zero-order valence-electron chi connectivity index (χ0n) is 7.80. The minimum absolute atomic E-state index is 0.0423. The van der Waals surface area contributed by atoms with Crippen LogP contribution in [-0.2, 0) is 9.59 Å². The van der Waals surface area contributed by atoms with Crippen molar-refractivity contribution < 1.29 is 9.59 Å². The molecule has 1 N–H and O–H groups in total. The van der Waals surface area contributed by atoms with Gasteiger partial charge in [0.05, 0.1) is 11.9 Å². The predicted molar refractivity (Wildman–Crippen MR) is 56.3 cm³/mol. The average Bonchev–Trinajstić information content (AvgIpc) is 2.10. The second-order valence-electron chi connectivity index (χ2n) is 2.63. The van der Waals surface area contributed by atoms with Gasteiger partial charge in [-0.2, -0.15) is 11.8 Å². The number of hydrogen-bond donors (Lipinski definition) is 1. The number of ketones is 1. The number of alkyl halides is 1. The zero-order chi connectivity index (χ0) is 10.3. The molecule has 0 aliphatic carbocycles. The molecule has 76 valence electrons. The second-order valence-corrected chi connectivity index (χ2v) is 3.89. The van der Waals surface area contributed by atoms with Crippen molar-refractivity contribution in [2.75, 3.05) is 17.9 Å². The van der Waals surface area contributed by atoms with Crippen molar-refractivity contribution in [3.63, 3.8) is 0 Å².